The van der Waals surface area contributed by atoms with Gasteiger partial charge in [-0.3, -0.25) is 0 Å². The van der Waals surface area contributed by atoms with Crippen LogP contribution in [-0.4, -0.2) is 16.1 Å². The van der Waals surface area contributed by atoms with Gasteiger partial charge in [-0.2, -0.15) is 0 Å². The second-order valence-corrected chi connectivity index (χ2v) is 24.3. The molecular weight excluding hydrogens is 501 g/mol. The number of allylic oxidation sites excluding steroid dienone is 8. The van der Waals surface area contributed by atoms with Crippen LogP contribution in [-0.2, 0) is 0 Å². The summed E-state index contributed by atoms with van der Waals surface area (Å²) in [6.45, 7) is 28.2. The van der Waals surface area contributed by atoms with E-state index in [2.05, 4.69) is 154 Å². The monoisotopic (exact) mass is 552 g/mol. The van der Waals surface area contributed by atoms with Gasteiger partial charge in [-0.1, -0.05) is 107 Å². The van der Waals surface area contributed by atoms with Crippen molar-refractivity contribution in [1.82, 2.24) is 0 Å². The fourth-order valence-corrected chi connectivity index (χ4v) is 17.7. The molecule has 2 aliphatic carbocycles. The summed E-state index contributed by atoms with van der Waals surface area (Å²) in [4.78, 5) is 0. The summed E-state index contributed by atoms with van der Waals surface area (Å²) in [5, 5.41) is 0. The highest BCUT2D eigenvalue weighted by Gasteiger charge is 2.42. The van der Waals surface area contributed by atoms with Gasteiger partial charge in [-0.15, -0.1) is 11.1 Å². The topological polar surface area (TPSA) is 0 Å². The second kappa shape index (κ2) is 14.3. The molecule has 0 aromatic rings. The molecule has 0 saturated heterocycles. The molecule has 0 spiro atoms. The number of rotatable bonds is 6. The van der Waals surface area contributed by atoms with E-state index >= 15 is 0 Å². The van der Waals surface area contributed by atoms with E-state index in [9.17, 15) is 0 Å². The Morgan fingerprint density at radius 2 is 0.872 bits per heavy atom. The summed E-state index contributed by atoms with van der Waals surface area (Å²) < 4.78 is 0. The molecule has 0 nitrogen and oxygen atoms in total. The predicted molar refractivity (Wildman–Crippen MR) is 179 cm³/mol. The van der Waals surface area contributed by atoms with Gasteiger partial charge in [0.15, 0.2) is 0 Å². The Hall–Kier alpha value is -2.37. The van der Waals surface area contributed by atoms with E-state index in [1.54, 1.807) is 0 Å². The van der Waals surface area contributed by atoms with Crippen LogP contribution in [0.5, 0.6) is 0 Å². The molecule has 208 valence electrons. The van der Waals surface area contributed by atoms with Crippen LogP contribution < -0.4 is 0 Å². The van der Waals surface area contributed by atoms with Crippen molar-refractivity contribution in [3.63, 3.8) is 0 Å². The van der Waals surface area contributed by atoms with Crippen LogP contribution in [0.2, 0.25) is 33.2 Å². The molecule has 2 heteroatoms. The van der Waals surface area contributed by atoms with Crippen molar-refractivity contribution in [3.8, 4) is 46.6 Å². The maximum absolute atomic E-state index is 3.76. The first-order chi connectivity index (χ1) is 18.3. The number of fused-ring (bicyclic) bond motifs is 2. The predicted octanol–water partition coefficient (Wildman–Crippen LogP) is 10.3. The highest BCUT2D eigenvalue weighted by Crippen LogP contribution is 2.42. The molecule has 0 unspecified atom stereocenters. The second-order valence-electron chi connectivity index (χ2n) is 13.2. The van der Waals surface area contributed by atoms with Crippen molar-refractivity contribution in [1.29, 1.82) is 0 Å². The van der Waals surface area contributed by atoms with Crippen LogP contribution in [0, 0.1) is 46.6 Å². The molecule has 2 rings (SSSR count). The Morgan fingerprint density at radius 1 is 0.538 bits per heavy atom. The Bertz CT molecular complexity index is 1120. The standard InChI is InChI=1S/C37H52Si2/c1-28(2)38(29(3)4,30(5)6)26-17-15-22-34(37-35-20-13-14-21-36(37)25-19-24-35)23-16-18-27-39(31(7)8,32(9)10)33(11)12/h13-14,20-21,28-33H,19,24-25H2,1-12H3. The molecule has 1 fully saturated rings. The Balaban J connectivity index is 2.70. The van der Waals surface area contributed by atoms with E-state index in [0.717, 1.165) is 18.4 Å². The van der Waals surface area contributed by atoms with E-state index in [0.29, 0.717) is 33.2 Å². The molecular formula is C37H52Si2. The van der Waals surface area contributed by atoms with Crippen molar-refractivity contribution in [3.05, 3.63) is 46.6 Å². The largest absolute Gasteiger partial charge is 0.147 e. The third kappa shape index (κ3) is 7.24. The maximum atomic E-state index is 3.76. The van der Waals surface area contributed by atoms with Crippen molar-refractivity contribution in [2.24, 2.45) is 0 Å². The molecule has 0 aromatic carbocycles. The molecule has 0 amide bonds. The zero-order valence-electron chi connectivity index (χ0n) is 26.9. The summed E-state index contributed by atoms with van der Waals surface area (Å²) >= 11 is 0. The van der Waals surface area contributed by atoms with Crippen LogP contribution in [0.4, 0.5) is 0 Å². The third-order valence-electron chi connectivity index (χ3n) is 9.28. The fraction of sp³-hybridized carbons (Fsp3) is 0.568. The van der Waals surface area contributed by atoms with Crippen LogP contribution in [0.1, 0.15) is 102 Å². The first kappa shape index (κ1) is 32.8. The van der Waals surface area contributed by atoms with Gasteiger partial charge in [0.05, 0.1) is 5.57 Å². The molecule has 0 heterocycles. The van der Waals surface area contributed by atoms with Gasteiger partial charge >= 0.3 is 0 Å². The van der Waals surface area contributed by atoms with Gasteiger partial charge in [0.25, 0.3) is 0 Å². The first-order valence-corrected chi connectivity index (χ1v) is 19.7. The summed E-state index contributed by atoms with van der Waals surface area (Å²) in [6, 6.07) is 0. The molecule has 0 atom stereocenters. The van der Waals surface area contributed by atoms with Gasteiger partial charge in [0.1, 0.15) is 16.1 Å². The minimum Gasteiger partial charge on any atom is -0.116 e. The lowest BCUT2D eigenvalue weighted by Gasteiger charge is -2.37. The lowest BCUT2D eigenvalue weighted by Crippen LogP contribution is -2.43. The molecule has 2 aliphatic rings. The number of hydrogen-bond acceptors (Lipinski definition) is 0. The lowest BCUT2D eigenvalue weighted by molar-refractivity contribution is 0.773. The Morgan fingerprint density at radius 3 is 1.18 bits per heavy atom. The molecule has 0 aliphatic heterocycles. The number of hydrogen-bond donors (Lipinski definition) is 0. The zero-order chi connectivity index (χ0) is 29.4. The fourth-order valence-electron chi connectivity index (χ4n) is 7.41. The van der Waals surface area contributed by atoms with Crippen LogP contribution in [0.25, 0.3) is 0 Å². The summed E-state index contributed by atoms with van der Waals surface area (Å²) in [6.07, 6.45) is 12.1. The SMILES string of the molecule is CC(C)[Si](C#CC#CC(C#CC#C[Si](C(C)C)(C(C)C)C(C)C)=C1C2=CC=CC=C1CCC2)(C(C)C)C(C)C. The average molecular weight is 553 g/mol. The molecule has 0 N–H and O–H groups in total. The van der Waals surface area contributed by atoms with E-state index in [1.807, 2.05) is 0 Å². The van der Waals surface area contributed by atoms with Gasteiger partial charge in [0, 0.05) is 5.57 Å². The van der Waals surface area contributed by atoms with E-state index < -0.39 is 16.1 Å². The van der Waals surface area contributed by atoms with Gasteiger partial charge < -0.3 is 0 Å². The van der Waals surface area contributed by atoms with E-state index in [-0.39, 0.29) is 0 Å². The summed E-state index contributed by atoms with van der Waals surface area (Å²) in [5.41, 5.74) is 15.9. The molecule has 1 saturated carbocycles. The molecule has 39 heavy (non-hydrogen) atoms. The van der Waals surface area contributed by atoms with Crippen molar-refractivity contribution in [2.45, 2.75) is 136 Å². The highest BCUT2D eigenvalue weighted by molar-refractivity contribution is 6.91. The Kier molecular flexibility index (Phi) is 12.1. The van der Waals surface area contributed by atoms with Gasteiger partial charge in [0.2, 0.25) is 0 Å². The van der Waals surface area contributed by atoms with E-state index in [1.165, 1.54) is 23.1 Å². The van der Waals surface area contributed by atoms with Gasteiger partial charge in [-0.25, -0.2) is 0 Å². The highest BCUT2D eigenvalue weighted by atomic mass is 28.3. The minimum atomic E-state index is -1.82. The maximum Gasteiger partial charge on any atom is 0.147 e. The minimum absolute atomic E-state index is 0.592. The average Bonchev–Trinajstić information content (AvgIpc) is 2.95. The van der Waals surface area contributed by atoms with Crippen LogP contribution in [0.3, 0.4) is 0 Å². The van der Waals surface area contributed by atoms with Gasteiger partial charge in [-0.05, 0) is 99.2 Å². The lowest BCUT2D eigenvalue weighted by atomic mass is 9.82. The van der Waals surface area contributed by atoms with Crippen molar-refractivity contribution >= 4 is 16.1 Å². The normalized spacial score (nSPS) is 15.1. The van der Waals surface area contributed by atoms with Crippen LogP contribution in [0.15, 0.2) is 46.6 Å². The van der Waals surface area contributed by atoms with Crippen LogP contribution >= 0.6 is 0 Å². The van der Waals surface area contributed by atoms with Crippen molar-refractivity contribution in [2.75, 3.05) is 0 Å². The third-order valence-corrected chi connectivity index (χ3v) is 21.9. The van der Waals surface area contributed by atoms with Crippen molar-refractivity contribution < 1.29 is 0 Å². The first-order valence-electron chi connectivity index (χ1n) is 15.2. The summed E-state index contributed by atoms with van der Waals surface area (Å²) in [5.74, 6) is 20.1. The molecule has 0 radical (unpaired) electrons. The quantitative estimate of drug-likeness (QED) is 0.227. The Labute approximate surface area is 244 Å². The molecule has 0 aromatic heterocycles. The van der Waals surface area contributed by atoms with E-state index in [4.69, 9.17) is 0 Å². The zero-order valence-corrected chi connectivity index (χ0v) is 28.9. The summed E-state index contributed by atoms with van der Waals surface area (Å²) in [7, 11) is -3.64. The molecule has 2 bridgehead atoms. The smallest absolute Gasteiger partial charge is 0.116 e.